The molecule has 0 saturated carbocycles. The average Bonchev–Trinajstić information content (AvgIpc) is 2.34. The van der Waals surface area contributed by atoms with Crippen molar-refractivity contribution in [3.05, 3.63) is 18.0 Å². The minimum atomic E-state index is 0.439. The number of nitrogens with zero attached hydrogens (tertiary/aromatic N) is 2. The zero-order valence-corrected chi connectivity index (χ0v) is 6.11. The van der Waals surface area contributed by atoms with E-state index in [1.807, 2.05) is 0 Å². The van der Waals surface area contributed by atoms with Gasteiger partial charge in [-0.2, -0.15) is 5.10 Å². The van der Waals surface area contributed by atoms with E-state index >= 15 is 0 Å². The van der Waals surface area contributed by atoms with Gasteiger partial charge < -0.3 is 0 Å². The Balaban J connectivity index is 2.88. The average molecular weight is 138 g/mol. The number of hydrogen-bond acceptors (Lipinski definition) is 2. The molecule has 0 aromatic carbocycles. The summed E-state index contributed by atoms with van der Waals surface area (Å²) in [6, 6.07) is 0. The summed E-state index contributed by atoms with van der Waals surface area (Å²) in [5.74, 6) is 0.439. The largest absolute Gasteiger partial charge is 0.276 e. The molecule has 0 aliphatic carbocycles. The molecule has 54 valence electrons. The Hall–Kier alpha value is -1.12. The van der Waals surface area contributed by atoms with Crippen LogP contribution in [0.15, 0.2) is 12.4 Å². The van der Waals surface area contributed by atoms with E-state index in [2.05, 4.69) is 18.9 Å². The summed E-state index contributed by atoms with van der Waals surface area (Å²) in [5.41, 5.74) is 1.09. The minimum absolute atomic E-state index is 0.439. The van der Waals surface area contributed by atoms with Gasteiger partial charge in [-0.25, -0.2) is 4.68 Å². The molecule has 1 aromatic rings. The molecule has 3 nitrogen and oxygen atoms in total. The molecule has 0 aliphatic rings. The third-order valence-electron chi connectivity index (χ3n) is 1.40. The summed E-state index contributed by atoms with van der Waals surface area (Å²) in [7, 11) is 0. The molecule has 1 aromatic heterocycles. The van der Waals surface area contributed by atoms with Crippen molar-refractivity contribution >= 4 is 6.41 Å². The van der Waals surface area contributed by atoms with Crippen LogP contribution in [0.5, 0.6) is 0 Å². The second-order valence-corrected chi connectivity index (χ2v) is 2.51. The van der Waals surface area contributed by atoms with Crippen LogP contribution in [-0.4, -0.2) is 16.2 Å². The van der Waals surface area contributed by atoms with Crippen LogP contribution in [0.25, 0.3) is 0 Å². The second-order valence-electron chi connectivity index (χ2n) is 2.51. The molecular formula is C7H10N2O. The van der Waals surface area contributed by atoms with Gasteiger partial charge in [0.25, 0.3) is 0 Å². The Morgan fingerprint density at radius 1 is 1.70 bits per heavy atom. The van der Waals surface area contributed by atoms with E-state index in [-0.39, 0.29) is 0 Å². The Labute approximate surface area is 59.7 Å². The fourth-order valence-corrected chi connectivity index (χ4v) is 0.709. The van der Waals surface area contributed by atoms with Crippen molar-refractivity contribution in [3.63, 3.8) is 0 Å². The highest BCUT2D eigenvalue weighted by molar-refractivity contribution is 5.50. The number of carbonyl (C=O) groups is 1. The first-order valence-electron chi connectivity index (χ1n) is 3.23. The van der Waals surface area contributed by atoms with Gasteiger partial charge >= 0.3 is 0 Å². The number of aromatic nitrogens is 2. The summed E-state index contributed by atoms with van der Waals surface area (Å²) >= 11 is 0. The van der Waals surface area contributed by atoms with E-state index in [1.165, 1.54) is 4.68 Å². The normalized spacial score (nSPS) is 10.3. The van der Waals surface area contributed by atoms with E-state index in [0.717, 1.165) is 5.56 Å². The molecule has 0 radical (unpaired) electrons. The Bertz CT molecular complexity index is 227. The van der Waals surface area contributed by atoms with Crippen molar-refractivity contribution in [2.24, 2.45) is 0 Å². The van der Waals surface area contributed by atoms with Crippen LogP contribution in [-0.2, 0) is 4.79 Å². The monoisotopic (exact) mass is 138 g/mol. The molecule has 0 amide bonds. The van der Waals surface area contributed by atoms with Gasteiger partial charge in [-0.1, -0.05) is 13.8 Å². The predicted octanol–water partition coefficient (Wildman–Crippen LogP) is 1.04. The molecule has 0 bridgehead atoms. The molecule has 0 spiro atoms. The predicted molar refractivity (Wildman–Crippen MR) is 38.5 cm³/mol. The van der Waals surface area contributed by atoms with Crippen molar-refractivity contribution in [2.75, 3.05) is 0 Å². The summed E-state index contributed by atoms with van der Waals surface area (Å²) in [5, 5.41) is 3.80. The van der Waals surface area contributed by atoms with Gasteiger partial charge in [0.2, 0.25) is 6.41 Å². The van der Waals surface area contributed by atoms with Crippen LogP contribution in [0, 0.1) is 0 Å². The third kappa shape index (κ3) is 1.23. The maximum absolute atomic E-state index is 10.1. The first-order valence-corrected chi connectivity index (χ1v) is 3.23. The van der Waals surface area contributed by atoms with Gasteiger partial charge in [0, 0.05) is 6.20 Å². The van der Waals surface area contributed by atoms with E-state index in [9.17, 15) is 4.79 Å². The molecular weight excluding hydrogens is 128 g/mol. The highest BCUT2D eigenvalue weighted by Crippen LogP contribution is 2.10. The van der Waals surface area contributed by atoms with Crippen molar-refractivity contribution in [2.45, 2.75) is 19.8 Å². The molecule has 0 N–H and O–H groups in total. The van der Waals surface area contributed by atoms with Crippen molar-refractivity contribution in [1.29, 1.82) is 0 Å². The topological polar surface area (TPSA) is 34.9 Å². The van der Waals surface area contributed by atoms with Crippen LogP contribution < -0.4 is 0 Å². The number of hydrogen-bond donors (Lipinski definition) is 0. The van der Waals surface area contributed by atoms with E-state index in [1.54, 1.807) is 12.4 Å². The van der Waals surface area contributed by atoms with Gasteiger partial charge in [0.05, 0.1) is 6.20 Å². The van der Waals surface area contributed by atoms with Crippen LogP contribution in [0.2, 0.25) is 0 Å². The van der Waals surface area contributed by atoms with Crippen LogP contribution in [0.1, 0.15) is 25.3 Å². The van der Waals surface area contributed by atoms with Crippen molar-refractivity contribution in [1.82, 2.24) is 9.78 Å². The fourth-order valence-electron chi connectivity index (χ4n) is 0.709. The van der Waals surface area contributed by atoms with Crippen molar-refractivity contribution < 1.29 is 4.79 Å². The lowest BCUT2D eigenvalue weighted by Crippen LogP contribution is -1.92. The van der Waals surface area contributed by atoms with E-state index in [0.29, 0.717) is 12.3 Å². The third-order valence-corrected chi connectivity index (χ3v) is 1.40. The molecule has 10 heavy (non-hydrogen) atoms. The number of carbonyl (C=O) groups excluding carboxylic acids is 1. The molecule has 0 unspecified atom stereocenters. The molecule has 3 heteroatoms. The van der Waals surface area contributed by atoms with E-state index in [4.69, 9.17) is 0 Å². The standard InChI is InChI=1S/C7H10N2O/c1-6(2)7-3-8-9(4-7)5-10/h3-6H,1-2H3. The molecule has 0 aliphatic heterocycles. The van der Waals surface area contributed by atoms with Gasteiger partial charge in [-0.15, -0.1) is 0 Å². The van der Waals surface area contributed by atoms with E-state index < -0.39 is 0 Å². The van der Waals surface area contributed by atoms with Crippen LogP contribution in [0.3, 0.4) is 0 Å². The molecule has 1 rings (SSSR count). The fraction of sp³-hybridized carbons (Fsp3) is 0.429. The minimum Gasteiger partial charge on any atom is -0.276 e. The summed E-state index contributed by atoms with van der Waals surface area (Å²) in [6.07, 6.45) is 4.13. The highest BCUT2D eigenvalue weighted by atomic mass is 16.1. The molecule has 0 fully saturated rings. The smallest absolute Gasteiger partial charge is 0.234 e. The maximum atomic E-state index is 10.1. The first kappa shape index (κ1) is 6.99. The number of rotatable bonds is 2. The molecule has 0 saturated heterocycles. The lowest BCUT2D eigenvalue weighted by molar-refractivity contribution is 0.540. The highest BCUT2D eigenvalue weighted by Gasteiger charge is 2.00. The second kappa shape index (κ2) is 2.64. The first-order chi connectivity index (χ1) is 4.74. The quantitative estimate of drug-likeness (QED) is 0.572. The molecule has 1 heterocycles. The lowest BCUT2D eigenvalue weighted by Gasteiger charge is -1.95. The van der Waals surface area contributed by atoms with Crippen molar-refractivity contribution in [3.8, 4) is 0 Å². The SMILES string of the molecule is CC(C)c1cnn(C=O)c1. The Kier molecular flexibility index (Phi) is 1.85. The van der Waals surface area contributed by atoms with Crippen LogP contribution in [0.4, 0.5) is 0 Å². The lowest BCUT2D eigenvalue weighted by atomic mass is 10.1. The maximum Gasteiger partial charge on any atom is 0.234 e. The Morgan fingerprint density at radius 2 is 2.40 bits per heavy atom. The summed E-state index contributed by atoms with van der Waals surface area (Å²) in [4.78, 5) is 10.1. The van der Waals surface area contributed by atoms with Crippen LogP contribution >= 0.6 is 0 Å². The Morgan fingerprint density at radius 3 is 2.70 bits per heavy atom. The summed E-state index contributed by atoms with van der Waals surface area (Å²) in [6.45, 7) is 4.12. The van der Waals surface area contributed by atoms with Gasteiger partial charge in [0.1, 0.15) is 0 Å². The van der Waals surface area contributed by atoms with Gasteiger partial charge in [0.15, 0.2) is 0 Å². The zero-order valence-electron chi connectivity index (χ0n) is 6.11. The van der Waals surface area contributed by atoms with Gasteiger partial charge in [-0.05, 0) is 11.5 Å². The molecule has 0 atom stereocenters. The zero-order chi connectivity index (χ0) is 7.56. The summed E-state index contributed by atoms with van der Waals surface area (Å²) < 4.78 is 1.27. The van der Waals surface area contributed by atoms with Gasteiger partial charge in [-0.3, -0.25) is 4.79 Å².